The first kappa shape index (κ1) is 27.9. The Morgan fingerprint density at radius 2 is 1.02 bits per heavy atom. The van der Waals surface area contributed by atoms with Gasteiger partial charge in [0.1, 0.15) is 0 Å². The normalized spacial score (nSPS) is 11.7. The van der Waals surface area contributed by atoms with Crippen molar-refractivity contribution in [3.8, 4) is 16.8 Å². The lowest BCUT2D eigenvalue weighted by molar-refractivity contribution is 1.18. The summed E-state index contributed by atoms with van der Waals surface area (Å²) in [5.74, 6) is 0. The van der Waals surface area contributed by atoms with E-state index in [1.165, 1.54) is 63.9 Å². The molecule has 0 N–H and O–H groups in total. The van der Waals surface area contributed by atoms with E-state index in [4.69, 9.17) is 0 Å². The van der Waals surface area contributed by atoms with Crippen LogP contribution in [0.4, 0.5) is 17.1 Å². The van der Waals surface area contributed by atoms with Gasteiger partial charge in [-0.3, -0.25) is 0 Å². The molecule has 0 spiro atoms. The quantitative estimate of drug-likeness (QED) is 0.181. The van der Waals surface area contributed by atoms with Gasteiger partial charge in [-0.2, -0.15) is 0 Å². The maximum absolute atomic E-state index is 2.38. The van der Waals surface area contributed by atoms with Gasteiger partial charge in [0.15, 0.2) is 0 Å². The lowest BCUT2D eigenvalue weighted by atomic mass is 10.0. The molecule has 10 aromatic rings. The Balaban J connectivity index is 1.06. The molecule has 0 unspecified atom stereocenters. The van der Waals surface area contributed by atoms with E-state index in [1.54, 1.807) is 0 Å². The van der Waals surface area contributed by atoms with Crippen molar-refractivity contribution in [1.82, 2.24) is 4.57 Å². The third-order valence-corrected chi connectivity index (χ3v) is 11.0. The second kappa shape index (κ2) is 11.2. The summed E-state index contributed by atoms with van der Waals surface area (Å²) in [6.07, 6.45) is 0. The van der Waals surface area contributed by atoms with Gasteiger partial charge in [-0.15, -0.1) is 11.3 Å². The van der Waals surface area contributed by atoms with Crippen molar-refractivity contribution in [1.29, 1.82) is 0 Å². The molecule has 0 atom stereocenters. The molecule has 49 heavy (non-hydrogen) atoms. The first-order chi connectivity index (χ1) is 24.3. The number of hydrogen-bond acceptors (Lipinski definition) is 2. The Bertz CT molecular complexity index is 2770. The number of rotatable bonds is 5. The Hall–Kier alpha value is -6.16. The van der Waals surface area contributed by atoms with E-state index >= 15 is 0 Å². The van der Waals surface area contributed by atoms with Gasteiger partial charge >= 0.3 is 0 Å². The lowest BCUT2D eigenvalue weighted by Crippen LogP contribution is -2.09. The average molecular weight is 643 g/mol. The molecule has 0 radical (unpaired) electrons. The first-order valence-electron chi connectivity index (χ1n) is 16.7. The zero-order valence-corrected chi connectivity index (χ0v) is 27.4. The van der Waals surface area contributed by atoms with Crippen LogP contribution in [0, 0.1) is 0 Å². The maximum atomic E-state index is 2.38. The van der Waals surface area contributed by atoms with Crippen molar-refractivity contribution in [2.24, 2.45) is 0 Å². The minimum absolute atomic E-state index is 1.12. The number of thiophene rings is 1. The fourth-order valence-corrected chi connectivity index (χ4v) is 8.76. The zero-order valence-electron chi connectivity index (χ0n) is 26.6. The van der Waals surface area contributed by atoms with Crippen LogP contribution in [0.1, 0.15) is 0 Å². The van der Waals surface area contributed by atoms with Gasteiger partial charge in [-0.25, -0.2) is 0 Å². The molecule has 0 saturated carbocycles. The van der Waals surface area contributed by atoms with Crippen molar-refractivity contribution in [2.45, 2.75) is 0 Å². The van der Waals surface area contributed by atoms with Crippen LogP contribution in [0.15, 0.2) is 182 Å². The number of aromatic nitrogens is 1. The topological polar surface area (TPSA) is 8.17 Å². The largest absolute Gasteiger partial charge is 0.310 e. The molecule has 10 rings (SSSR count). The highest BCUT2D eigenvalue weighted by atomic mass is 32.1. The van der Waals surface area contributed by atoms with Crippen molar-refractivity contribution in [2.75, 3.05) is 4.90 Å². The van der Waals surface area contributed by atoms with E-state index in [2.05, 4.69) is 191 Å². The fourth-order valence-electron chi connectivity index (χ4n) is 7.48. The molecule has 0 aliphatic carbocycles. The number of para-hydroxylation sites is 3. The van der Waals surface area contributed by atoms with Gasteiger partial charge in [0.05, 0.1) is 11.0 Å². The second-order valence-corrected chi connectivity index (χ2v) is 13.6. The van der Waals surface area contributed by atoms with Gasteiger partial charge in [0.25, 0.3) is 0 Å². The van der Waals surface area contributed by atoms with E-state index in [1.807, 2.05) is 11.3 Å². The lowest BCUT2D eigenvalue weighted by Gasteiger charge is -2.25. The summed E-state index contributed by atoms with van der Waals surface area (Å²) >= 11 is 1.89. The summed E-state index contributed by atoms with van der Waals surface area (Å²) in [4.78, 5) is 2.36. The average Bonchev–Trinajstić information content (AvgIpc) is 3.72. The van der Waals surface area contributed by atoms with Gasteiger partial charge in [0, 0.05) is 53.7 Å². The van der Waals surface area contributed by atoms with Crippen molar-refractivity contribution < 1.29 is 0 Å². The SMILES string of the molecule is c1ccc(N(c2ccc(-c3cccc(-n4c5ccccc5c5ccccc54)c3)cc2)c2ccc3c(c2)sc2c4ccccc4ccc32)cc1. The first-order valence-corrected chi connectivity index (χ1v) is 17.5. The standard InChI is InChI=1S/C46H30N2S/c1-2-13-34(14-3-1)47(37-26-28-41-42-27-23-32-11-4-5-16-38(32)46(42)49-45(41)30-37)35-24-21-31(22-25-35)33-12-10-15-36(29-33)48-43-19-8-6-17-39(43)40-18-7-9-20-44(40)48/h1-30H. The number of hydrogen-bond donors (Lipinski definition) is 0. The summed E-state index contributed by atoms with van der Waals surface area (Å²) in [5.41, 5.74) is 9.39. The number of anilines is 3. The molecule has 2 heterocycles. The van der Waals surface area contributed by atoms with Crippen molar-refractivity contribution in [3.63, 3.8) is 0 Å². The van der Waals surface area contributed by atoms with Crippen LogP contribution >= 0.6 is 11.3 Å². The summed E-state index contributed by atoms with van der Waals surface area (Å²) in [6.45, 7) is 0. The Morgan fingerprint density at radius 1 is 0.388 bits per heavy atom. The predicted molar refractivity (Wildman–Crippen MR) is 211 cm³/mol. The van der Waals surface area contributed by atoms with E-state index in [9.17, 15) is 0 Å². The molecule has 0 aliphatic rings. The molecule has 2 nitrogen and oxygen atoms in total. The minimum atomic E-state index is 1.12. The van der Waals surface area contributed by atoms with E-state index in [0.29, 0.717) is 0 Å². The molecule has 0 bridgehead atoms. The number of fused-ring (bicyclic) bond motifs is 8. The maximum Gasteiger partial charge on any atom is 0.0541 e. The monoisotopic (exact) mass is 642 g/mol. The summed E-state index contributed by atoms with van der Waals surface area (Å²) < 4.78 is 5.03. The zero-order chi connectivity index (χ0) is 32.3. The summed E-state index contributed by atoms with van der Waals surface area (Å²) in [6, 6.07) is 66.1. The van der Waals surface area contributed by atoms with Crippen molar-refractivity contribution >= 4 is 81.1 Å². The second-order valence-electron chi connectivity index (χ2n) is 12.6. The van der Waals surface area contributed by atoms with Crippen LogP contribution in [-0.4, -0.2) is 4.57 Å². The molecule has 230 valence electrons. The predicted octanol–water partition coefficient (Wildman–Crippen LogP) is 13.4. The van der Waals surface area contributed by atoms with Gasteiger partial charge < -0.3 is 9.47 Å². The third kappa shape index (κ3) is 4.55. The number of benzene rings is 8. The van der Waals surface area contributed by atoms with E-state index in [-0.39, 0.29) is 0 Å². The minimum Gasteiger partial charge on any atom is -0.310 e. The fraction of sp³-hybridized carbons (Fsp3) is 0. The molecule has 0 aliphatic heterocycles. The van der Waals surface area contributed by atoms with Crippen LogP contribution in [0.5, 0.6) is 0 Å². The highest BCUT2D eigenvalue weighted by Crippen LogP contribution is 2.43. The Labute approximate surface area is 288 Å². The molecule has 3 heteroatoms. The van der Waals surface area contributed by atoms with Gasteiger partial charge in [-0.1, -0.05) is 121 Å². The molecule has 0 amide bonds. The smallest absolute Gasteiger partial charge is 0.0541 e. The highest BCUT2D eigenvalue weighted by Gasteiger charge is 2.16. The summed E-state index contributed by atoms with van der Waals surface area (Å²) in [5, 5.41) is 7.78. The van der Waals surface area contributed by atoms with E-state index in [0.717, 1.165) is 22.7 Å². The molecule has 0 fully saturated rings. The molecular formula is C46H30N2S. The molecule has 8 aromatic carbocycles. The van der Waals surface area contributed by atoms with Crippen molar-refractivity contribution in [3.05, 3.63) is 182 Å². The van der Waals surface area contributed by atoms with Crippen LogP contribution in [0.2, 0.25) is 0 Å². The van der Waals surface area contributed by atoms with Crippen LogP contribution < -0.4 is 4.90 Å². The Morgan fingerprint density at radius 3 is 1.80 bits per heavy atom. The van der Waals surface area contributed by atoms with Gasteiger partial charge in [0.2, 0.25) is 0 Å². The molecule has 0 saturated heterocycles. The molecular weight excluding hydrogens is 613 g/mol. The molecule has 2 aromatic heterocycles. The highest BCUT2D eigenvalue weighted by molar-refractivity contribution is 7.26. The summed E-state index contributed by atoms with van der Waals surface area (Å²) in [7, 11) is 0. The number of nitrogens with zero attached hydrogens (tertiary/aromatic N) is 2. The van der Waals surface area contributed by atoms with Crippen LogP contribution in [0.25, 0.3) is 69.6 Å². The van der Waals surface area contributed by atoms with Crippen LogP contribution in [0.3, 0.4) is 0 Å². The third-order valence-electron chi connectivity index (χ3n) is 9.76. The Kier molecular flexibility index (Phi) is 6.39. The van der Waals surface area contributed by atoms with Gasteiger partial charge in [-0.05, 0) is 82.6 Å². The van der Waals surface area contributed by atoms with E-state index < -0.39 is 0 Å². The van der Waals surface area contributed by atoms with Crippen LogP contribution in [-0.2, 0) is 0 Å².